The van der Waals surface area contributed by atoms with E-state index in [2.05, 4.69) is 11.9 Å². The summed E-state index contributed by atoms with van der Waals surface area (Å²) in [5.74, 6) is 0.0917. The van der Waals surface area contributed by atoms with Crippen LogP contribution in [0.4, 0.5) is 0 Å². The molecule has 0 amide bonds. The van der Waals surface area contributed by atoms with E-state index in [1.54, 1.807) is 22.8 Å². The molecule has 0 aliphatic carbocycles. The number of aliphatic hydroxyl groups excluding tert-OH is 1. The first-order valence-corrected chi connectivity index (χ1v) is 8.19. The average Bonchev–Trinajstić information content (AvgIpc) is 2.92. The molecule has 0 saturated carbocycles. The fourth-order valence-electron chi connectivity index (χ4n) is 1.89. The van der Waals surface area contributed by atoms with Gasteiger partial charge >= 0.3 is 0 Å². The second-order valence-electron chi connectivity index (χ2n) is 4.59. The average molecular weight is 352 g/mol. The van der Waals surface area contributed by atoms with E-state index in [0.29, 0.717) is 26.4 Å². The molecule has 0 atom stereocenters. The number of thiophene rings is 1. The first-order valence-electron chi connectivity index (χ1n) is 6.59. The maximum absolute atomic E-state index is 10.7. The molecule has 2 aromatic heterocycles. The number of rotatable bonds is 5. The van der Waals surface area contributed by atoms with E-state index in [4.69, 9.17) is 23.8 Å². The fraction of sp³-hybridized carbons (Fsp3) is 0.125. The van der Waals surface area contributed by atoms with Crippen molar-refractivity contribution in [3.8, 4) is 0 Å². The van der Waals surface area contributed by atoms with Crippen molar-refractivity contribution in [2.75, 3.05) is 6.54 Å². The predicted molar refractivity (Wildman–Crippen MR) is 97.2 cm³/mol. The molecule has 0 aromatic carbocycles. The van der Waals surface area contributed by atoms with Gasteiger partial charge in [-0.3, -0.25) is 0 Å². The summed E-state index contributed by atoms with van der Waals surface area (Å²) in [6, 6.07) is 7.40. The summed E-state index contributed by atoms with van der Waals surface area (Å²) in [5.41, 5.74) is 1.57. The molecule has 0 aliphatic rings. The third kappa shape index (κ3) is 3.94. The molecule has 22 heavy (non-hydrogen) atoms. The normalized spacial score (nSPS) is 11.7. The highest BCUT2D eigenvalue weighted by atomic mass is 35.5. The third-order valence-corrected chi connectivity index (χ3v) is 4.44. The minimum Gasteiger partial charge on any atom is -0.501 e. The summed E-state index contributed by atoms with van der Waals surface area (Å²) in [4.78, 5) is 1.11. The SMILES string of the molecule is C=CCNC(=S)/C(=C(\O)c1ccc(Cl)s1)[n+]1cccc(C)c1. The maximum Gasteiger partial charge on any atom is 0.288 e. The Bertz CT molecular complexity index is 737. The van der Waals surface area contributed by atoms with Crippen LogP contribution in [0, 0.1) is 6.92 Å². The van der Waals surface area contributed by atoms with Crippen LogP contribution in [0.3, 0.4) is 0 Å². The molecule has 0 unspecified atom stereocenters. The van der Waals surface area contributed by atoms with Crippen molar-refractivity contribution in [1.82, 2.24) is 5.32 Å². The van der Waals surface area contributed by atoms with Gasteiger partial charge in [0.25, 0.3) is 5.70 Å². The summed E-state index contributed by atoms with van der Waals surface area (Å²) in [5, 5.41) is 13.7. The number of aliphatic hydroxyl groups is 1. The van der Waals surface area contributed by atoms with Gasteiger partial charge < -0.3 is 10.4 Å². The lowest BCUT2D eigenvalue weighted by Gasteiger charge is -2.08. The molecule has 2 N–H and O–H groups in total. The summed E-state index contributed by atoms with van der Waals surface area (Å²) in [6.45, 7) is 6.16. The van der Waals surface area contributed by atoms with Gasteiger partial charge in [-0.1, -0.05) is 29.9 Å². The lowest BCUT2D eigenvalue weighted by atomic mass is 10.2. The largest absolute Gasteiger partial charge is 0.501 e. The van der Waals surface area contributed by atoms with Crippen LogP contribution in [0.2, 0.25) is 4.34 Å². The highest BCUT2D eigenvalue weighted by molar-refractivity contribution is 7.81. The Labute approximate surface area is 144 Å². The van der Waals surface area contributed by atoms with Gasteiger partial charge in [-0.2, -0.15) is 4.57 Å². The smallest absolute Gasteiger partial charge is 0.288 e. The Hall–Kier alpha value is -1.69. The Morgan fingerprint density at radius 3 is 2.86 bits per heavy atom. The van der Waals surface area contributed by atoms with Gasteiger partial charge in [0.2, 0.25) is 5.76 Å². The standard InChI is InChI=1S/C16H15ClN2OS2/c1-3-8-18-16(21)14(19-9-4-5-11(2)10-19)15(20)12-6-7-13(17)22-12/h3-7,9-10H,1,8H2,2H3,(H-,18,20,21)/p+1. The van der Waals surface area contributed by atoms with Crippen molar-refractivity contribution in [2.24, 2.45) is 0 Å². The maximum atomic E-state index is 10.7. The number of halogens is 1. The van der Waals surface area contributed by atoms with Gasteiger partial charge in [-0.25, -0.2) is 0 Å². The van der Waals surface area contributed by atoms with Crippen LogP contribution in [0.1, 0.15) is 10.4 Å². The third-order valence-electron chi connectivity index (χ3n) is 2.86. The summed E-state index contributed by atoms with van der Waals surface area (Å²) >= 11 is 12.7. The molecule has 2 rings (SSSR count). The molecule has 2 heterocycles. The zero-order valence-electron chi connectivity index (χ0n) is 12.0. The lowest BCUT2D eigenvalue weighted by Crippen LogP contribution is -2.41. The monoisotopic (exact) mass is 351 g/mol. The van der Waals surface area contributed by atoms with Crippen molar-refractivity contribution in [3.63, 3.8) is 0 Å². The summed E-state index contributed by atoms with van der Waals surface area (Å²) in [7, 11) is 0. The number of aryl methyl sites for hydroxylation is 1. The van der Waals surface area contributed by atoms with Gasteiger partial charge in [0.1, 0.15) is 0 Å². The van der Waals surface area contributed by atoms with Crippen molar-refractivity contribution >= 4 is 51.6 Å². The Balaban J connectivity index is 2.54. The Morgan fingerprint density at radius 1 is 1.50 bits per heavy atom. The number of nitrogens with one attached hydrogen (secondary N) is 1. The molecule has 6 heteroatoms. The molecule has 0 aliphatic heterocycles. The van der Waals surface area contributed by atoms with Gasteiger partial charge in [-0.15, -0.1) is 17.9 Å². The highest BCUT2D eigenvalue weighted by Gasteiger charge is 2.24. The van der Waals surface area contributed by atoms with Crippen molar-refractivity contribution < 1.29 is 9.67 Å². The van der Waals surface area contributed by atoms with Crippen molar-refractivity contribution in [1.29, 1.82) is 0 Å². The number of hydrogen-bond acceptors (Lipinski definition) is 3. The molecule has 0 fully saturated rings. The van der Waals surface area contributed by atoms with Crippen LogP contribution in [0.25, 0.3) is 11.5 Å². The quantitative estimate of drug-likeness (QED) is 0.281. The molecule has 2 aromatic rings. The van der Waals surface area contributed by atoms with Crippen LogP contribution >= 0.6 is 35.2 Å². The van der Waals surface area contributed by atoms with Gasteiger partial charge in [0.05, 0.1) is 9.21 Å². The predicted octanol–water partition coefficient (Wildman–Crippen LogP) is 3.98. The molecule has 0 saturated heterocycles. The minimum absolute atomic E-state index is 0.0917. The number of aromatic nitrogens is 1. The highest BCUT2D eigenvalue weighted by Crippen LogP contribution is 2.28. The first-order chi connectivity index (χ1) is 10.5. The lowest BCUT2D eigenvalue weighted by molar-refractivity contribution is -0.576. The van der Waals surface area contributed by atoms with E-state index in [1.807, 2.05) is 31.5 Å². The molecule has 0 radical (unpaired) electrons. The van der Waals surface area contributed by atoms with Crippen LogP contribution in [0.15, 0.2) is 49.3 Å². The van der Waals surface area contributed by atoms with Gasteiger partial charge in [0, 0.05) is 18.2 Å². The van der Waals surface area contributed by atoms with Gasteiger partial charge in [-0.05, 0) is 25.1 Å². The zero-order chi connectivity index (χ0) is 16.1. The summed E-state index contributed by atoms with van der Waals surface area (Å²) < 4.78 is 2.41. The van der Waals surface area contributed by atoms with E-state index in [9.17, 15) is 5.11 Å². The molecule has 0 bridgehead atoms. The fourth-order valence-corrected chi connectivity index (χ4v) is 3.16. The number of hydrogen-bond donors (Lipinski definition) is 2. The van der Waals surface area contributed by atoms with Crippen LogP contribution in [-0.2, 0) is 0 Å². The van der Waals surface area contributed by atoms with E-state index >= 15 is 0 Å². The second-order valence-corrected chi connectivity index (χ2v) is 6.71. The molecule has 3 nitrogen and oxygen atoms in total. The van der Waals surface area contributed by atoms with E-state index in [-0.39, 0.29) is 5.76 Å². The van der Waals surface area contributed by atoms with Crippen molar-refractivity contribution in [3.05, 3.63) is 64.1 Å². The Kier molecular flexibility index (Phi) is 5.71. The van der Waals surface area contributed by atoms with E-state index < -0.39 is 0 Å². The minimum atomic E-state index is 0.0917. The zero-order valence-corrected chi connectivity index (χ0v) is 14.4. The van der Waals surface area contributed by atoms with E-state index in [1.165, 1.54) is 11.3 Å². The number of nitrogens with zero attached hydrogens (tertiary/aromatic N) is 1. The van der Waals surface area contributed by atoms with E-state index in [0.717, 1.165) is 5.56 Å². The summed E-state index contributed by atoms with van der Waals surface area (Å²) in [6.07, 6.45) is 5.46. The van der Waals surface area contributed by atoms with Gasteiger partial charge in [0.15, 0.2) is 17.4 Å². The van der Waals surface area contributed by atoms with Crippen LogP contribution in [0.5, 0.6) is 0 Å². The van der Waals surface area contributed by atoms with Crippen LogP contribution in [-0.4, -0.2) is 16.6 Å². The molecular formula is C16H16ClN2OS2+. The number of thiocarbonyl (C=S) groups is 1. The molecule has 0 spiro atoms. The second kappa shape index (κ2) is 7.54. The topological polar surface area (TPSA) is 36.1 Å². The number of pyridine rings is 1. The van der Waals surface area contributed by atoms with Crippen molar-refractivity contribution in [2.45, 2.75) is 6.92 Å². The Morgan fingerprint density at radius 2 is 2.27 bits per heavy atom. The first kappa shape index (κ1) is 16.7. The molecular weight excluding hydrogens is 336 g/mol. The molecule has 114 valence electrons. The van der Waals surface area contributed by atoms with Crippen LogP contribution < -0.4 is 9.88 Å².